The predicted molar refractivity (Wildman–Crippen MR) is 41.4 cm³/mol. The second kappa shape index (κ2) is 2.16. The molecule has 0 spiro atoms. The summed E-state index contributed by atoms with van der Waals surface area (Å²) in [4.78, 5) is 2.14. The minimum Gasteiger partial charge on any atom is -0.388 e. The van der Waals surface area contributed by atoms with Gasteiger partial charge in [-0.2, -0.15) is 5.26 Å². The van der Waals surface area contributed by atoms with Crippen LogP contribution in [0.1, 0.15) is 12.8 Å². The topological polar surface area (TPSA) is 39.1 Å². The van der Waals surface area contributed by atoms with Crippen molar-refractivity contribution in [3.8, 4) is 6.07 Å². The summed E-state index contributed by atoms with van der Waals surface area (Å²) in [7, 11) is 0. The van der Waals surface area contributed by atoms with Gasteiger partial charge in [0, 0.05) is 25.5 Å². The first-order valence-corrected chi connectivity index (χ1v) is 3.95. The number of hydrogen-bond donors (Lipinski definition) is 1. The molecule has 0 aromatic rings. The highest BCUT2D eigenvalue weighted by molar-refractivity contribution is 5.21. The number of nitrogens with one attached hydrogen (secondary N) is 1. The Morgan fingerprint density at radius 2 is 2.36 bits per heavy atom. The third-order valence-electron chi connectivity index (χ3n) is 2.35. The van der Waals surface area contributed by atoms with E-state index < -0.39 is 0 Å². The molecule has 3 nitrogen and oxygen atoms in total. The molecule has 0 amide bonds. The van der Waals surface area contributed by atoms with E-state index in [4.69, 9.17) is 5.26 Å². The smallest absolute Gasteiger partial charge is 0.127 e. The van der Waals surface area contributed by atoms with E-state index in [1.807, 2.05) is 12.4 Å². The average molecular weight is 149 g/mol. The van der Waals surface area contributed by atoms with Crippen molar-refractivity contribution < 1.29 is 0 Å². The molecule has 3 heteroatoms. The van der Waals surface area contributed by atoms with Crippen LogP contribution in [-0.4, -0.2) is 23.5 Å². The highest BCUT2D eigenvalue weighted by Crippen LogP contribution is 2.41. The summed E-state index contributed by atoms with van der Waals surface area (Å²) < 4.78 is 0. The molecule has 1 heterocycles. The van der Waals surface area contributed by atoms with Crippen LogP contribution in [-0.2, 0) is 0 Å². The Kier molecular flexibility index (Phi) is 1.28. The van der Waals surface area contributed by atoms with Crippen molar-refractivity contribution in [1.82, 2.24) is 10.2 Å². The summed E-state index contributed by atoms with van der Waals surface area (Å²) in [5, 5.41) is 12.0. The van der Waals surface area contributed by atoms with E-state index in [0.29, 0.717) is 0 Å². The van der Waals surface area contributed by atoms with Gasteiger partial charge in [-0.25, -0.2) is 0 Å². The molecule has 1 N–H and O–H groups in total. The van der Waals surface area contributed by atoms with Crippen LogP contribution in [0, 0.1) is 11.3 Å². The van der Waals surface area contributed by atoms with E-state index in [1.165, 1.54) is 0 Å². The third-order valence-corrected chi connectivity index (χ3v) is 2.35. The van der Waals surface area contributed by atoms with Gasteiger partial charge in [-0.1, -0.05) is 0 Å². The summed E-state index contributed by atoms with van der Waals surface area (Å²) in [5.41, 5.74) is -0.126. The molecule has 0 aromatic heterocycles. The van der Waals surface area contributed by atoms with Gasteiger partial charge in [-0.15, -0.1) is 0 Å². The lowest BCUT2D eigenvalue weighted by molar-refractivity contribution is 0.297. The number of nitrogens with zero attached hydrogens (tertiary/aromatic N) is 2. The van der Waals surface area contributed by atoms with Crippen molar-refractivity contribution in [1.29, 1.82) is 5.26 Å². The Morgan fingerprint density at radius 1 is 1.55 bits per heavy atom. The zero-order valence-corrected chi connectivity index (χ0v) is 6.38. The lowest BCUT2D eigenvalue weighted by Gasteiger charge is -2.28. The van der Waals surface area contributed by atoms with Crippen LogP contribution in [0.2, 0.25) is 0 Å². The highest BCUT2D eigenvalue weighted by atomic mass is 15.2. The van der Waals surface area contributed by atoms with E-state index in [0.717, 1.165) is 25.9 Å². The fourth-order valence-corrected chi connectivity index (χ4v) is 1.42. The van der Waals surface area contributed by atoms with Gasteiger partial charge in [-0.05, 0) is 12.8 Å². The maximum Gasteiger partial charge on any atom is 0.127 e. The first-order chi connectivity index (χ1) is 5.37. The molecule has 2 rings (SSSR count). The van der Waals surface area contributed by atoms with Gasteiger partial charge in [0.2, 0.25) is 0 Å². The molecular formula is C8H11N3. The largest absolute Gasteiger partial charge is 0.388 e. The Hall–Kier alpha value is -1.17. The normalized spacial score (nSPS) is 25.5. The lowest BCUT2D eigenvalue weighted by atomic mass is 10.2. The first kappa shape index (κ1) is 6.53. The molecule has 1 saturated carbocycles. The zero-order chi connectivity index (χ0) is 7.73. The summed E-state index contributed by atoms with van der Waals surface area (Å²) >= 11 is 0. The molecule has 0 aromatic carbocycles. The predicted octanol–water partition coefficient (Wildman–Crippen LogP) is 0.419. The van der Waals surface area contributed by atoms with Crippen LogP contribution in [0.5, 0.6) is 0 Å². The fraction of sp³-hybridized carbons (Fsp3) is 0.625. The van der Waals surface area contributed by atoms with Gasteiger partial charge in [0.15, 0.2) is 0 Å². The van der Waals surface area contributed by atoms with Gasteiger partial charge in [0.1, 0.15) is 5.54 Å². The Balaban J connectivity index is 2.10. The quantitative estimate of drug-likeness (QED) is 0.587. The van der Waals surface area contributed by atoms with E-state index in [-0.39, 0.29) is 5.54 Å². The molecule has 0 bridgehead atoms. The maximum absolute atomic E-state index is 8.86. The third kappa shape index (κ3) is 0.949. The van der Waals surface area contributed by atoms with E-state index in [9.17, 15) is 0 Å². The maximum atomic E-state index is 8.86. The Morgan fingerprint density at radius 3 is 2.82 bits per heavy atom. The minimum atomic E-state index is -0.126. The molecule has 1 aliphatic heterocycles. The van der Waals surface area contributed by atoms with Gasteiger partial charge in [0.05, 0.1) is 6.07 Å². The van der Waals surface area contributed by atoms with Gasteiger partial charge < -0.3 is 10.2 Å². The van der Waals surface area contributed by atoms with E-state index >= 15 is 0 Å². The molecule has 0 radical (unpaired) electrons. The number of hydrogen-bond acceptors (Lipinski definition) is 3. The highest BCUT2D eigenvalue weighted by Gasteiger charge is 2.47. The van der Waals surface area contributed by atoms with Crippen molar-refractivity contribution in [3.05, 3.63) is 12.4 Å². The summed E-state index contributed by atoms with van der Waals surface area (Å²) in [6, 6.07) is 2.37. The molecule has 58 valence electrons. The van der Waals surface area contributed by atoms with Crippen LogP contribution < -0.4 is 5.32 Å². The molecule has 2 aliphatic rings. The van der Waals surface area contributed by atoms with Gasteiger partial charge in [-0.3, -0.25) is 0 Å². The van der Waals surface area contributed by atoms with E-state index in [2.05, 4.69) is 16.3 Å². The van der Waals surface area contributed by atoms with Crippen molar-refractivity contribution in [2.75, 3.05) is 13.1 Å². The Labute approximate surface area is 66.3 Å². The van der Waals surface area contributed by atoms with Crippen molar-refractivity contribution in [2.45, 2.75) is 18.4 Å². The van der Waals surface area contributed by atoms with Gasteiger partial charge in [0.25, 0.3) is 0 Å². The molecule has 11 heavy (non-hydrogen) atoms. The average Bonchev–Trinajstić information content (AvgIpc) is 2.86. The van der Waals surface area contributed by atoms with Crippen LogP contribution in [0.15, 0.2) is 12.4 Å². The van der Waals surface area contributed by atoms with Crippen molar-refractivity contribution in [2.24, 2.45) is 0 Å². The molecule has 0 saturated heterocycles. The summed E-state index contributed by atoms with van der Waals surface area (Å²) in [5.74, 6) is 0. The zero-order valence-electron chi connectivity index (χ0n) is 6.38. The molecule has 1 aliphatic carbocycles. The van der Waals surface area contributed by atoms with Gasteiger partial charge >= 0.3 is 0 Å². The number of rotatable bonds is 1. The monoisotopic (exact) mass is 149 g/mol. The standard InChI is InChI=1S/C8H11N3/c9-7-8(1-2-8)11-5-3-10-4-6-11/h3,5,10H,1-2,4,6H2. The SMILES string of the molecule is N#CC1(N2C=CNCC2)CC1. The molecule has 0 atom stereocenters. The lowest BCUT2D eigenvalue weighted by Crippen LogP contribution is -2.39. The van der Waals surface area contributed by atoms with Crippen LogP contribution in [0.25, 0.3) is 0 Å². The number of nitriles is 1. The molecule has 0 unspecified atom stereocenters. The van der Waals surface area contributed by atoms with Crippen LogP contribution in [0.3, 0.4) is 0 Å². The van der Waals surface area contributed by atoms with Crippen LogP contribution >= 0.6 is 0 Å². The van der Waals surface area contributed by atoms with E-state index in [1.54, 1.807) is 0 Å². The Bertz CT molecular complexity index is 222. The minimum absolute atomic E-state index is 0.126. The molecule has 1 fully saturated rings. The summed E-state index contributed by atoms with van der Waals surface area (Å²) in [6.45, 7) is 1.92. The summed E-state index contributed by atoms with van der Waals surface area (Å²) in [6.07, 6.45) is 5.97. The fourth-order valence-electron chi connectivity index (χ4n) is 1.42. The van der Waals surface area contributed by atoms with Crippen molar-refractivity contribution in [3.63, 3.8) is 0 Å². The molecular weight excluding hydrogens is 138 g/mol. The second-order valence-corrected chi connectivity index (χ2v) is 3.11. The van der Waals surface area contributed by atoms with Crippen LogP contribution in [0.4, 0.5) is 0 Å². The first-order valence-electron chi connectivity index (χ1n) is 3.95. The van der Waals surface area contributed by atoms with Crippen molar-refractivity contribution >= 4 is 0 Å². The second-order valence-electron chi connectivity index (χ2n) is 3.11.